The van der Waals surface area contributed by atoms with Gasteiger partial charge in [0.15, 0.2) is 11.6 Å². The zero-order valence-electron chi connectivity index (χ0n) is 11.0. The van der Waals surface area contributed by atoms with E-state index < -0.39 is 49.2 Å². The predicted molar refractivity (Wildman–Crippen MR) is 65.7 cm³/mol. The van der Waals surface area contributed by atoms with Gasteiger partial charge in [0.1, 0.15) is 0 Å². The molecule has 0 aliphatic carbocycles. The van der Waals surface area contributed by atoms with E-state index in [0.717, 1.165) is 17.0 Å². The molecular formula is C13H14F4N2O2. The fourth-order valence-corrected chi connectivity index (χ4v) is 2.23. The molecule has 0 radical (unpaired) electrons. The summed E-state index contributed by atoms with van der Waals surface area (Å²) in [5.74, 6) is -5.10. The van der Waals surface area contributed by atoms with Crippen LogP contribution in [0.1, 0.15) is 12.0 Å². The predicted octanol–water partition coefficient (Wildman–Crippen LogP) is 1.88. The minimum Gasteiger partial charge on any atom is -0.394 e. The average Bonchev–Trinajstić information content (AvgIpc) is 2.75. The van der Waals surface area contributed by atoms with Crippen LogP contribution in [-0.4, -0.2) is 41.2 Å². The number of hydrogen-bond donors (Lipinski definition) is 2. The molecule has 1 aliphatic rings. The van der Waals surface area contributed by atoms with Crippen molar-refractivity contribution in [1.82, 2.24) is 10.2 Å². The van der Waals surface area contributed by atoms with Gasteiger partial charge in [-0.25, -0.2) is 22.4 Å². The fraction of sp³-hybridized carbons (Fsp3) is 0.462. The molecule has 1 aliphatic heterocycles. The maximum Gasteiger partial charge on any atom is 0.318 e. The molecule has 2 N–H and O–H groups in total. The molecule has 1 heterocycles. The summed E-state index contributed by atoms with van der Waals surface area (Å²) in [5, 5.41) is 11.4. The first kappa shape index (κ1) is 15.6. The van der Waals surface area contributed by atoms with E-state index in [-0.39, 0.29) is 6.54 Å². The third kappa shape index (κ3) is 3.63. The SMILES string of the molecule is O=C(NCc1ccc(F)c(F)c1)N1CC(F)(F)CC1CO. The van der Waals surface area contributed by atoms with Crippen molar-refractivity contribution < 1.29 is 27.5 Å². The van der Waals surface area contributed by atoms with Crippen LogP contribution in [0.2, 0.25) is 0 Å². The number of likely N-dealkylation sites (tertiary alicyclic amines) is 1. The van der Waals surface area contributed by atoms with Crippen molar-refractivity contribution in [3.63, 3.8) is 0 Å². The van der Waals surface area contributed by atoms with Crippen molar-refractivity contribution in [1.29, 1.82) is 0 Å². The molecule has 1 fully saturated rings. The number of carbonyl (C=O) groups is 1. The molecule has 0 spiro atoms. The maximum atomic E-state index is 13.2. The van der Waals surface area contributed by atoms with Crippen molar-refractivity contribution in [3.05, 3.63) is 35.4 Å². The molecule has 2 rings (SSSR count). The summed E-state index contributed by atoms with van der Waals surface area (Å²) in [6.45, 7) is -1.47. The van der Waals surface area contributed by atoms with E-state index >= 15 is 0 Å². The number of hydrogen-bond acceptors (Lipinski definition) is 2. The van der Waals surface area contributed by atoms with Crippen molar-refractivity contribution in [2.75, 3.05) is 13.2 Å². The highest BCUT2D eigenvalue weighted by atomic mass is 19.3. The number of rotatable bonds is 3. The first-order valence-electron chi connectivity index (χ1n) is 6.29. The fourth-order valence-electron chi connectivity index (χ4n) is 2.23. The summed E-state index contributed by atoms with van der Waals surface area (Å²) in [4.78, 5) is 12.7. The molecule has 0 bridgehead atoms. The zero-order valence-corrected chi connectivity index (χ0v) is 11.0. The smallest absolute Gasteiger partial charge is 0.318 e. The molecule has 8 heteroatoms. The van der Waals surface area contributed by atoms with E-state index in [1.54, 1.807) is 0 Å². The summed E-state index contributed by atoms with van der Waals surface area (Å²) in [7, 11) is 0. The number of halogens is 4. The second-order valence-electron chi connectivity index (χ2n) is 4.93. The molecule has 2 amide bonds. The minimum absolute atomic E-state index is 0.129. The van der Waals surface area contributed by atoms with E-state index in [2.05, 4.69) is 5.32 Å². The topological polar surface area (TPSA) is 52.6 Å². The van der Waals surface area contributed by atoms with Crippen LogP contribution in [0.15, 0.2) is 18.2 Å². The molecule has 116 valence electrons. The summed E-state index contributed by atoms with van der Waals surface area (Å²) in [5.41, 5.74) is 0.300. The second-order valence-corrected chi connectivity index (χ2v) is 4.93. The van der Waals surface area contributed by atoms with Crippen LogP contribution >= 0.6 is 0 Å². The molecule has 0 aromatic heterocycles. The Hall–Kier alpha value is -1.83. The summed E-state index contributed by atoms with van der Waals surface area (Å²) in [6.07, 6.45) is -0.595. The van der Waals surface area contributed by atoms with E-state index in [0.29, 0.717) is 5.56 Å². The Balaban J connectivity index is 1.96. The van der Waals surface area contributed by atoms with Gasteiger partial charge >= 0.3 is 6.03 Å². The molecule has 1 saturated heterocycles. The molecule has 1 atom stereocenters. The molecular weight excluding hydrogens is 292 g/mol. The van der Waals surface area contributed by atoms with E-state index in [9.17, 15) is 22.4 Å². The van der Waals surface area contributed by atoms with Crippen LogP contribution in [-0.2, 0) is 6.54 Å². The number of urea groups is 1. The van der Waals surface area contributed by atoms with Crippen LogP contribution in [0.25, 0.3) is 0 Å². The Labute approximate surface area is 118 Å². The maximum absolute atomic E-state index is 13.2. The van der Waals surface area contributed by atoms with Crippen LogP contribution in [0.3, 0.4) is 0 Å². The number of alkyl halides is 2. The quantitative estimate of drug-likeness (QED) is 0.838. The van der Waals surface area contributed by atoms with Crippen molar-refractivity contribution in [2.24, 2.45) is 0 Å². The Kier molecular flexibility index (Phi) is 4.36. The Bertz CT molecular complexity index is 539. The van der Waals surface area contributed by atoms with Crippen molar-refractivity contribution >= 4 is 6.03 Å². The van der Waals surface area contributed by atoms with Gasteiger partial charge < -0.3 is 15.3 Å². The molecule has 21 heavy (non-hydrogen) atoms. The monoisotopic (exact) mass is 306 g/mol. The second kappa shape index (κ2) is 5.88. The Morgan fingerprint density at radius 2 is 2.10 bits per heavy atom. The number of nitrogens with zero attached hydrogens (tertiary/aromatic N) is 1. The summed E-state index contributed by atoms with van der Waals surface area (Å²) < 4.78 is 52.2. The first-order chi connectivity index (χ1) is 9.82. The van der Waals surface area contributed by atoms with E-state index in [4.69, 9.17) is 5.11 Å². The zero-order chi connectivity index (χ0) is 15.6. The third-order valence-electron chi connectivity index (χ3n) is 3.28. The van der Waals surface area contributed by atoms with Gasteiger partial charge in [-0.3, -0.25) is 0 Å². The summed E-state index contributed by atoms with van der Waals surface area (Å²) in [6, 6.07) is 1.37. The van der Waals surface area contributed by atoms with Crippen LogP contribution < -0.4 is 5.32 Å². The minimum atomic E-state index is -3.03. The van der Waals surface area contributed by atoms with Crippen molar-refractivity contribution in [2.45, 2.75) is 24.9 Å². The number of nitrogens with one attached hydrogen (secondary N) is 1. The lowest BCUT2D eigenvalue weighted by molar-refractivity contribution is 0.0141. The number of aliphatic hydroxyl groups excluding tert-OH is 1. The van der Waals surface area contributed by atoms with Crippen LogP contribution in [0.5, 0.6) is 0 Å². The molecule has 1 unspecified atom stereocenters. The number of carbonyl (C=O) groups excluding carboxylic acids is 1. The lowest BCUT2D eigenvalue weighted by Crippen LogP contribution is -2.44. The van der Waals surface area contributed by atoms with Gasteiger partial charge in [0.25, 0.3) is 5.92 Å². The third-order valence-corrected chi connectivity index (χ3v) is 3.28. The van der Waals surface area contributed by atoms with Gasteiger partial charge in [0, 0.05) is 13.0 Å². The number of aliphatic hydroxyl groups is 1. The molecule has 1 aromatic carbocycles. The van der Waals surface area contributed by atoms with E-state index in [1.165, 1.54) is 6.07 Å². The van der Waals surface area contributed by atoms with Gasteiger partial charge in [-0.15, -0.1) is 0 Å². The molecule has 4 nitrogen and oxygen atoms in total. The average molecular weight is 306 g/mol. The summed E-state index contributed by atoms with van der Waals surface area (Å²) >= 11 is 0. The highest BCUT2D eigenvalue weighted by Gasteiger charge is 2.46. The highest BCUT2D eigenvalue weighted by Crippen LogP contribution is 2.31. The van der Waals surface area contributed by atoms with Gasteiger partial charge in [-0.05, 0) is 17.7 Å². The van der Waals surface area contributed by atoms with Gasteiger partial charge in [0.05, 0.1) is 19.2 Å². The first-order valence-corrected chi connectivity index (χ1v) is 6.29. The van der Waals surface area contributed by atoms with E-state index in [1.807, 2.05) is 0 Å². The van der Waals surface area contributed by atoms with Gasteiger partial charge in [0.2, 0.25) is 0 Å². The van der Waals surface area contributed by atoms with Gasteiger partial charge in [-0.1, -0.05) is 6.07 Å². The largest absolute Gasteiger partial charge is 0.394 e. The van der Waals surface area contributed by atoms with Crippen LogP contribution in [0.4, 0.5) is 22.4 Å². The Morgan fingerprint density at radius 1 is 1.38 bits per heavy atom. The lowest BCUT2D eigenvalue weighted by atomic mass is 10.2. The number of benzene rings is 1. The highest BCUT2D eigenvalue weighted by molar-refractivity contribution is 5.75. The normalized spacial score (nSPS) is 20.6. The van der Waals surface area contributed by atoms with Gasteiger partial charge in [-0.2, -0.15) is 0 Å². The van der Waals surface area contributed by atoms with Crippen molar-refractivity contribution in [3.8, 4) is 0 Å². The standard InChI is InChI=1S/C13H14F4N2O2/c14-10-2-1-8(3-11(10)15)5-18-12(21)19-7-13(16,17)4-9(19)6-20/h1-3,9,20H,4-7H2,(H,18,21). The molecule has 0 saturated carbocycles. The Morgan fingerprint density at radius 3 is 2.71 bits per heavy atom. The number of amides is 2. The van der Waals surface area contributed by atoms with Crippen LogP contribution in [0, 0.1) is 11.6 Å². The lowest BCUT2D eigenvalue weighted by Gasteiger charge is -2.22. The molecule has 1 aromatic rings.